The average molecular weight is 313 g/mol. The zero-order valence-corrected chi connectivity index (χ0v) is 13.4. The Kier molecular flexibility index (Phi) is 4.03. The van der Waals surface area contributed by atoms with E-state index in [9.17, 15) is 9.59 Å². The van der Waals surface area contributed by atoms with E-state index in [0.29, 0.717) is 17.7 Å². The van der Waals surface area contributed by atoms with Crippen LogP contribution < -0.4 is 10.3 Å². The van der Waals surface area contributed by atoms with Crippen molar-refractivity contribution in [3.05, 3.63) is 53.1 Å². The predicted molar refractivity (Wildman–Crippen MR) is 84.1 cm³/mol. The Morgan fingerprint density at radius 3 is 2.87 bits per heavy atom. The van der Waals surface area contributed by atoms with Crippen LogP contribution >= 0.6 is 0 Å². The minimum absolute atomic E-state index is 0.0973. The first-order valence-corrected chi connectivity index (χ1v) is 7.81. The SMILES string of the molecule is C=C1NC2=C(C(=O)CCC2)C(c2cccc(C)[nH+]2)C1C(=O)OC. The largest absolute Gasteiger partial charge is 0.468 e. The van der Waals surface area contributed by atoms with Crippen molar-refractivity contribution in [2.45, 2.75) is 32.1 Å². The number of nitrogens with one attached hydrogen (secondary N) is 2. The summed E-state index contributed by atoms with van der Waals surface area (Å²) in [5, 5.41) is 3.18. The molecule has 1 aliphatic heterocycles. The third-order valence-electron chi connectivity index (χ3n) is 4.54. The lowest BCUT2D eigenvalue weighted by Gasteiger charge is -2.36. The van der Waals surface area contributed by atoms with Crippen molar-refractivity contribution in [2.24, 2.45) is 5.92 Å². The normalized spacial score (nSPS) is 24.1. The summed E-state index contributed by atoms with van der Waals surface area (Å²) in [6.45, 7) is 5.96. The minimum atomic E-state index is -0.612. The number of hydrogen-bond acceptors (Lipinski definition) is 4. The van der Waals surface area contributed by atoms with Gasteiger partial charge in [-0.05, 0) is 18.9 Å². The van der Waals surface area contributed by atoms with Crippen molar-refractivity contribution in [1.29, 1.82) is 0 Å². The number of methoxy groups -OCH3 is 1. The Morgan fingerprint density at radius 2 is 2.17 bits per heavy atom. The van der Waals surface area contributed by atoms with Gasteiger partial charge in [-0.3, -0.25) is 9.59 Å². The van der Waals surface area contributed by atoms with E-state index in [1.807, 2.05) is 25.1 Å². The van der Waals surface area contributed by atoms with Crippen LogP contribution in [0.15, 0.2) is 41.7 Å². The van der Waals surface area contributed by atoms with Crippen molar-refractivity contribution < 1.29 is 19.3 Å². The van der Waals surface area contributed by atoms with E-state index < -0.39 is 5.92 Å². The molecule has 2 aliphatic rings. The standard InChI is InChI=1S/C18H20N2O3/c1-10-6-4-7-13(19-10)17-15(18(22)23-3)11(2)20-12-8-5-9-14(21)16(12)17/h4,6-7,15,17,20H,2,5,8-9H2,1,3H3/p+1. The molecular formula is C18H21N2O3+. The molecule has 0 saturated carbocycles. The van der Waals surface area contributed by atoms with Crippen LogP contribution in [-0.2, 0) is 14.3 Å². The highest BCUT2D eigenvalue weighted by Crippen LogP contribution is 2.43. The van der Waals surface area contributed by atoms with E-state index in [2.05, 4.69) is 16.9 Å². The number of aromatic amines is 1. The maximum atomic E-state index is 12.6. The lowest BCUT2D eigenvalue weighted by Crippen LogP contribution is -2.42. The van der Waals surface area contributed by atoms with E-state index in [4.69, 9.17) is 4.74 Å². The second kappa shape index (κ2) is 5.99. The Balaban J connectivity index is 2.18. The van der Waals surface area contributed by atoms with E-state index in [1.54, 1.807) is 0 Å². The van der Waals surface area contributed by atoms with Crippen LogP contribution in [0.2, 0.25) is 0 Å². The number of carbonyl (C=O) groups excluding carboxylic acids is 2. The molecule has 1 aromatic heterocycles. The fourth-order valence-electron chi connectivity index (χ4n) is 3.52. The molecule has 1 aliphatic carbocycles. The van der Waals surface area contributed by atoms with Gasteiger partial charge in [0.1, 0.15) is 5.92 Å². The number of ether oxygens (including phenoxy) is 1. The number of H-pyrrole nitrogens is 1. The van der Waals surface area contributed by atoms with E-state index >= 15 is 0 Å². The number of hydrogen-bond donors (Lipinski definition) is 1. The fraction of sp³-hybridized carbons (Fsp3) is 0.389. The molecule has 0 amide bonds. The number of pyridine rings is 1. The van der Waals surface area contributed by atoms with Gasteiger partial charge in [-0.2, -0.15) is 0 Å². The summed E-state index contributed by atoms with van der Waals surface area (Å²) in [6, 6.07) is 5.79. The Morgan fingerprint density at radius 1 is 1.39 bits per heavy atom. The summed E-state index contributed by atoms with van der Waals surface area (Å²) >= 11 is 0. The molecule has 0 spiro atoms. The second-order valence-corrected chi connectivity index (χ2v) is 6.09. The molecular weight excluding hydrogens is 292 g/mol. The highest BCUT2D eigenvalue weighted by molar-refractivity contribution is 6.00. The highest BCUT2D eigenvalue weighted by Gasteiger charge is 2.46. The van der Waals surface area contributed by atoms with Crippen LogP contribution in [0.3, 0.4) is 0 Å². The maximum Gasteiger partial charge on any atom is 0.315 e. The topological polar surface area (TPSA) is 69.5 Å². The molecule has 3 rings (SSSR count). The highest BCUT2D eigenvalue weighted by atomic mass is 16.5. The molecule has 0 bridgehead atoms. The number of aryl methyl sites for hydroxylation is 1. The number of rotatable bonds is 2. The van der Waals surface area contributed by atoms with E-state index in [0.717, 1.165) is 29.9 Å². The summed E-state index contributed by atoms with van der Waals surface area (Å²) < 4.78 is 4.97. The molecule has 2 heterocycles. The number of Topliss-reactive ketones (excluding diaryl/α,β-unsaturated/α-hetero) is 1. The number of aromatic nitrogens is 1. The average Bonchev–Trinajstić information content (AvgIpc) is 2.53. The molecule has 23 heavy (non-hydrogen) atoms. The summed E-state index contributed by atoms with van der Waals surface area (Å²) in [6.07, 6.45) is 2.14. The van der Waals surface area contributed by atoms with E-state index in [-0.39, 0.29) is 17.7 Å². The van der Waals surface area contributed by atoms with Gasteiger partial charge in [0, 0.05) is 42.4 Å². The number of esters is 1. The minimum Gasteiger partial charge on any atom is -0.468 e. The van der Waals surface area contributed by atoms with Gasteiger partial charge in [-0.25, -0.2) is 4.98 Å². The van der Waals surface area contributed by atoms with Crippen molar-refractivity contribution in [3.63, 3.8) is 0 Å². The summed E-state index contributed by atoms with van der Waals surface area (Å²) in [5.41, 5.74) is 3.99. The molecule has 120 valence electrons. The lowest BCUT2D eigenvalue weighted by atomic mass is 9.73. The van der Waals surface area contributed by atoms with Crippen LogP contribution in [0.1, 0.15) is 36.6 Å². The van der Waals surface area contributed by atoms with Gasteiger partial charge in [0.15, 0.2) is 17.2 Å². The first-order chi connectivity index (χ1) is 11.0. The van der Waals surface area contributed by atoms with Gasteiger partial charge in [-0.1, -0.05) is 6.58 Å². The number of ketones is 1. The molecule has 5 nitrogen and oxygen atoms in total. The van der Waals surface area contributed by atoms with Crippen LogP contribution in [0.25, 0.3) is 0 Å². The fourth-order valence-corrected chi connectivity index (χ4v) is 3.52. The Hall–Kier alpha value is -2.43. The van der Waals surface area contributed by atoms with Crippen LogP contribution in [0.4, 0.5) is 0 Å². The first-order valence-electron chi connectivity index (χ1n) is 7.81. The second-order valence-electron chi connectivity index (χ2n) is 6.09. The number of carbonyl (C=O) groups is 2. The zero-order valence-electron chi connectivity index (χ0n) is 13.4. The zero-order chi connectivity index (χ0) is 16.6. The van der Waals surface area contributed by atoms with Gasteiger partial charge in [0.2, 0.25) is 0 Å². The van der Waals surface area contributed by atoms with Crippen molar-refractivity contribution in [1.82, 2.24) is 5.32 Å². The van der Waals surface area contributed by atoms with E-state index in [1.165, 1.54) is 7.11 Å². The monoisotopic (exact) mass is 313 g/mol. The van der Waals surface area contributed by atoms with Gasteiger partial charge in [0.05, 0.1) is 13.0 Å². The Bertz CT molecular complexity index is 721. The third kappa shape index (κ3) is 2.67. The molecule has 0 fully saturated rings. The van der Waals surface area contributed by atoms with Crippen LogP contribution in [0, 0.1) is 12.8 Å². The van der Waals surface area contributed by atoms with Crippen molar-refractivity contribution in [3.8, 4) is 0 Å². The van der Waals surface area contributed by atoms with Gasteiger partial charge < -0.3 is 10.1 Å². The quantitative estimate of drug-likeness (QED) is 0.845. The smallest absolute Gasteiger partial charge is 0.315 e. The van der Waals surface area contributed by atoms with Crippen molar-refractivity contribution >= 4 is 11.8 Å². The first kappa shape index (κ1) is 15.5. The third-order valence-corrected chi connectivity index (χ3v) is 4.54. The molecule has 1 aromatic rings. The molecule has 0 saturated heterocycles. The molecule has 2 N–H and O–H groups in total. The Labute approximate surface area is 135 Å². The molecule has 5 heteroatoms. The van der Waals surface area contributed by atoms with Crippen LogP contribution in [0.5, 0.6) is 0 Å². The summed E-state index contributed by atoms with van der Waals surface area (Å²) in [4.78, 5) is 28.2. The van der Waals surface area contributed by atoms with Gasteiger partial charge in [-0.15, -0.1) is 0 Å². The molecule has 0 aromatic carbocycles. The number of allylic oxidation sites excluding steroid dienone is 2. The van der Waals surface area contributed by atoms with Crippen LogP contribution in [-0.4, -0.2) is 18.9 Å². The predicted octanol–water partition coefficient (Wildman–Crippen LogP) is 1.81. The van der Waals surface area contributed by atoms with Gasteiger partial charge in [0.25, 0.3) is 0 Å². The molecule has 2 unspecified atom stereocenters. The molecule has 2 atom stereocenters. The summed E-state index contributed by atoms with van der Waals surface area (Å²) in [7, 11) is 1.36. The van der Waals surface area contributed by atoms with Crippen molar-refractivity contribution in [2.75, 3.05) is 7.11 Å². The maximum absolute atomic E-state index is 12.6. The van der Waals surface area contributed by atoms with Gasteiger partial charge >= 0.3 is 5.97 Å². The summed E-state index contributed by atoms with van der Waals surface area (Å²) in [5.74, 6) is -1.27. The lowest BCUT2D eigenvalue weighted by molar-refractivity contribution is -0.402. The molecule has 0 radical (unpaired) electrons.